The van der Waals surface area contributed by atoms with Crippen molar-refractivity contribution in [1.29, 1.82) is 5.26 Å². The minimum Gasteiger partial charge on any atom is -0.321 e. The average Bonchev–Trinajstić information content (AvgIpc) is 2.39. The molecule has 0 aliphatic rings. The summed E-state index contributed by atoms with van der Waals surface area (Å²) in [6.45, 7) is 0. The molecule has 6 heteroatoms. The Kier molecular flexibility index (Phi) is 4.23. The van der Waals surface area contributed by atoms with Gasteiger partial charge in [0.15, 0.2) is 0 Å². The number of benzene rings is 2. The zero-order valence-electron chi connectivity index (χ0n) is 9.95. The van der Waals surface area contributed by atoms with Crippen LogP contribution in [0.1, 0.15) is 15.9 Å². The van der Waals surface area contributed by atoms with Gasteiger partial charge in [0.2, 0.25) is 0 Å². The molecule has 20 heavy (non-hydrogen) atoms. The molecule has 3 nitrogen and oxygen atoms in total. The molecule has 2 aromatic carbocycles. The van der Waals surface area contributed by atoms with E-state index in [2.05, 4.69) is 5.32 Å². The zero-order valence-corrected chi connectivity index (χ0v) is 11.5. The Morgan fingerprint density at radius 2 is 1.80 bits per heavy atom. The number of carbonyl (C=O) groups excluding carboxylic acids is 1. The highest BCUT2D eigenvalue weighted by atomic mass is 35.5. The van der Waals surface area contributed by atoms with E-state index in [1.807, 2.05) is 6.07 Å². The Balaban J connectivity index is 2.30. The molecule has 0 spiro atoms. The second-order valence-corrected chi connectivity index (χ2v) is 4.79. The molecule has 0 aliphatic carbocycles. The van der Waals surface area contributed by atoms with Crippen molar-refractivity contribution in [2.24, 2.45) is 0 Å². The van der Waals surface area contributed by atoms with Crippen LogP contribution in [0.2, 0.25) is 10.0 Å². The highest BCUT2D eigenvalue weighted by molar-refractivity contribution is 6.35. The van der Waals surface area contributed by atoms with Crippen molar-refractivity contribution >= 4 is 34.8 Å². The van der Waals surface area contributed by atoms with E-state index >= 15 is 0 Å². The number of amides is 1. The quantitative estimate of drug-likeness (QED) is 0.901. The average molecular weight is 309 g/mol. The number of nitriles is 1. The van der Waals surface area contributed by atoms with E-state index in [9.17, 15) is 9.18 Å². The van der Waals surface area contributed by atoms with Gasteiger partial charge in [0.1, 0.15) is 11.9 Å². The summed E-state index contributed by atoms with van der Waals surface area (Å²) in [6.07, 6.45) is 0. The summed E-state index contributed by atoms with van der Waals surface area (Å²) in [5.41, 5.74) is 0.497. The first-order chi connectivity index (χ1) is 9.49. The van der Waals surface area contributed by atoms with Gasteiger partial charge in [0, 0.05) is 15.6 Å². The minimum absolute atomic E-state index is 0.0338. The van der Waals surface area contributed by atoms with Crippen molar-refractivity contribution < 1.29 is 9.18 Å². The summed E-state index contributed by atoms with van der Waals surface area (Å²) in [5.74, 6) is -1.04. The SMILES string of the molecule is N#Cc1cc(F)ccc1NC(=O)c1cc(Cl)cc(Cl)c1. The molecule has 0 saturated heterocycles. The lowest BCUT2D eigenvalue weighted by Gasteiger charge is -2.07. The van der Waals surface area contributed by atoms with E-state index in [0.29, 0.717) is 10.0 Å². The summed E-state index contributed by atoms with van der Waals surface area (Å²) in [5, 5.41) is 12.1. The van der Waals surface area contributed by atoms with Crippen LogP contribution >= 0.6 is 23.2 Å². The fraction of sp³-hybridized carbons (Fsp3) is 0. The standard InChI is InChI=1S/C14H7Cl2FN2O/c15-10-3-8(4-11(16)6-10)14(20)19-13-2-1-12(17)5-9(13)7-18/h1-6H,(H,19,20). The van der Waals surface area contributed by atoms with E-state index in [1.54, 1.807) is 0 Å². The molecule has 1 N–H and O–H groups in total. The number of carbonyl (C=O) groups is 1. The summed E-state index contributed by atoms with van der Waals surface area (Å²) < 4.78 is 13.0. The third-order valence-corrected chi connectivity index (χ3v) is 2.91. The normalized spacial score (nSPS) is 9.90. The lowest BCUT2D eigenvalue weighted by Crippen LogP contribution is -2.13. The van der Waals surface area contributed by atoms with Crippen LogP contribution in [0.5, 0.6) is 0 Å². The largest absolute Gasteiger partial charge is 0.321 e. The van der Waals surface area contributed by atoms with Crippen LogP contribution in [0.15, 0.2) is 36.4 Å². The molecule has 0 aliphatic heterocycles. The van der Waals surface area contributed by atoms with Crippen LogP contribution in [0.4, 0.5) is 10.1 Å². The van der Waals surface area contributed by atoms with Gasteiger partial charge in [-0.1, -0.05) is 23.2 Å². The molecule has 1 amide bonds. The molecule has 0 bridgehead atoms. The number of nitrogens with zero attached hydrogens (tertiary/aromatic N) is 1. The highest BCUT2D eigenvalue weighted by Crippen LogP contribution is 2.21. The number of halogens is 3. The molecule has 2 rings (SSSR count). The van der Waals surface area contributed by atoms with Gasteiger partial charge in [-0.2, -0.15) is 5.26 Å². The van der Waals surface area contributed by atoms with Crippen molar-refractivity contribution in [1.82, 2.24) is 0 Å². The van der Waals surface area contributed by atoms with Crippen LogP contribution in [0.25, 0.3) is 0 Å². The smallest absolute Gasteiger partial charge is 0.255 e. The lowest BCUT2D eigenvalue weighted by molar-refractivity contribution is 0.102. The number of hydrogen-bond donors (Lipinski definition) is 1. The van der Waals surface area contributed by atoms with Gasteiger partial charge in [-0.05, 0) is 36.4 Å². The first kappa shape index (κ1) is 14.3. The van der Waals surface area contributed by atoms with Gasteiger partial charge in [0.25, 0.3) is 5.91 Å². The molecular formula is C14H7Cl2FN2O. The third kappa shape index (κ3) is 3.27. The molecule has 0 radical (unpaired) electrons. The van der Waals surface area contributed by atoms with Crippen molar-refractivity contribution in [2.75, 3.05) is 5.32 Å². The van der Waals surface area contributed by atoms with E-state index in [-0.39, 0.29) is 16.8 Å². The predicted molar refractivity (Wildman–Crippen MR) is 75.5 cm³/mol. The summed E-state index contributed by atoms with van der Waals surface area (Å²) in [7, 11) is 0. The van der Waals surface area contributed by atoms with Crippen molar-refractivity contribution in [2.45, 2.75) is 0 Å². The second-order valence-electron chi connectivity index (χ2n) is 3.91. The van der Waals surface area contributed by atoms with Crippen LogP contribution in [0.3, 0.4) is 0 Å². The lowest BCUT2D eigenvalue weighted by atomic mass is 10.1. The molecule has 0 aromatic heterocycles. The van der Waals surface area contributed by atoms with Gasteiger partial charge in [-0.25, -0.2) is 4.39 Å². The zero-order chi connectivity index (χ0) is 14.7. The predicted octanol–water partition coefficient (Wildman–Crippen LogP) is 4.26. The first-order valence-corrected chi connectivity index (χ1v) is 6.22. The van der Waals surface area contributed by atoms with Gasteiger partial charge in [-0.3, -0.25) is 4.79 Å². The third-order valence-electron chi connectivity index (χ3n) is 2.48. The highest BCUT2D eigenvalue weighted by Gasteiger charge is 2.11. The van der Waals surface area contributed by atoms with Crippen molar-refractivity contribution in [3.8, 4) is 6.07 Å². The van der Waals surface area contributed by atoms with Crippen molar-refractivity contribution in [3.63, 3.8) is 0 Å². The van der Waals surface area contributed by atoms with Gasteiger partial charge >= 0.3 is 0 Å². The van der Waals surface area contributed by atoms with Crippen LogP contribution in [-0.4, -0.2) is 5.91 Å². The Hall–Kier alpha value is -2.09. The number of nitrogens with one attached hydrogen (secondary N) is 1. The second kappa shape index (κ2) is 5.91. The van der Waals surface area contributed by atoms with E-state index in [4.69, 9.17) is 28.5 Å². The molecule has 0 fully saturated rings. The van der Waals surface area contributed by atoms with Gasteiger partial charge in [-0.15, -0.1) is 0 Å². The molecule has 0 atom stereocenters. The minimum atomic E-state index is -0.551. The maximum atomic E-state index is 13.0. The molecule has 0 saturated carbocycles. The Morgan fingerprint density at radius 3 is 2.40 bits per heavy atom. The maximum Gasteiger partial charge on any atom is 0.255 e. The topological polar surface area (TPSA) is 52.9 Å². The number of rotatable bonds is 2. The first-order valence-electron chi connectivity index (χ1n) is 5.46. The fourth-order valence-corrected chi connectivity index (χ4v) is 2.12. The van der Waals surface area contributed by atoms with Crippen LogP contribution < -0.4 is 5.32 Å². The monoisotopic (exact) mass is 308 g/mol. The van der Waals surface area contributed by atoms with E-state index in [0.717, 1.165) is 12.1 Å². The van der Waals surface area contributed by atoms with Crippen LogP contribution in [0, 0.1) is 17.1 Å². The Morgan fingerprint density at radius 1 is 1.15 bits per heavy atom. The summed E-state index contributed by atoms with van der Waals surface area (Å²) >= 11 is 11.6. The summed E-state index contributed by atoms with van der Waals surface area (Å²) in [6, 6.07) is 9.71. The van der Waals surface area contributed by atoms with E-state index < -0.39 is 11.7 Å². The van der Waals surface area contributed by atoms with Crippen LogP contribution in [-0.2, 0) is 0 Å². The maximum absolute atomic E-state index is 13.0. The van der Waals surface area contributed by atoms with E-state index in [1.165, 1.54) is 24.3 Å². The Bertz CT molecular complexity index is 705. The molecular weight excluding hydrogens is 302 g/mol. The van der Waals surface area contributed by atoms with Gasteiger partial charge in [0.05, 0.1) is 11.3 Å². The molecule has 0 unspecified atom stereocenters. The van der Waals surface area contributed by atoms with Gasteiger partial charge < -0.3 is 5.32 Å². The summed E-state index contributed by atoms with van der Waals surface area (Å²) in [4.78, 5) is 12.0. The van der Waals surface area contributed by atoms with Crippen molar-refractivity contribution in [3.05, 3.63) is 63.4 Å². The Labute approximate surface area is 124 Å². The number of hydrogen-bond acceptors (Lipinski definition) is 2. The fourth-order valence-electron chi connectivity index (χ4n) is 1.60. The molecule has 0 heterocycles. The molecule has 100 valence electrons. The molecule has 2 aromatic rings. The number of anilines is 1.